The second-order valence-corrected chi connectivity index (χ2v) is 5.43. The molecule has 0 spiro atoms. The molecule has 1 amide bonds. The first-order valence-corrected chi connectivity index (χ1v) is 7.17. The fraction of sp³-hybridized carbons (Fsp3) is 0.0588. The number of nitrogens with one attached hydrogen (secondary N) is 1. The Kier molecular flexibility index (Phi) is 2.96. The zero-order valence-corrected chi connectivity index (χ0v) is 12.2. The molecule has 1 aliphatic heterocycles. The van der Waals surface area contributed by atoms with Gasteiger partial charge in [0.25, 0.3) is 11.6 Å². The number of fused-ring (bicyclic) bond motifs is 2. The molecule has 7 heteroatoms. The number of hydrogen-bond acceptors (Lipinski definition) is 5. The van der Waals surface area contributed by atoms with E-state index in [1.54, 1.807) is 30.3 Å². The molecule has 3 aromatic rings. The van der Waals surface area contributed by atoms with Gasteiger partial charge in [-0.25, -0.2) is 0 Å². The van der Waals surface area contributed by atoms with Crippen LogP contribution in [-0.2, 0) is 0 Å². The van der Waals surface area contributed by atoms with Crippen LogP contribution in [0.15, 0.2) is 57.7 Å². The van der Waals surface area contributed by atoms with Crippen LogP contribution in [0, 0.1) is 10.1 Å². The molecular formula is C17H10N2O5. The van der Waals surface area contributed by atoms with Crippen LogP contribution in [0.2, 0.25) is 0 Å². The summed E-state index contributed by atoms with van der Waals surface area (Å²) in [6.45, 7) is 0. The van der Waals surface area contributed by atoms with E-state index in [2.05, 4.69) is 5.32 Å². The normalized spacial score (nSPS) is 16.0. The number of carbonyl (C=O) groups excluding carboxylic acids is 1. The van der Waals surface area contributed by atoms with Crippen molar-refractivity contribution in [2.45, 2.75) is 6.04 Å². The van der Waals surface area contributed by atoms with Crippen LogP contribution in [0.25, 0.3) is 11.0 Å². The summed E-state index contributed by atoms with van der Waals surface area (Å²) in [6, 6.07) is 11.7. The number of nitrogens with zero attached hydrogens (tertiary/aromatic N) is 1. The van der Waals surface area contributed by atoms with Gasteiger partial charge in [0, 0.05) is 12.1 Å². The second-order valence-electron chi connectivity index (χ2n) is 5.43. The zero-order chi connectivity index (χ0) is 16.8. The lowest BCUT2D eigenvalue weighted by Gasteiger charge is -2.11. The summed E-state index contributed by atoms with van der Waals surface area (Å²) in [5, 5.41) is 14.0. The highest BCUT2D eigenvalue weighted by atomic mass is 16.6. The zero-order valence-electron chi connectivity index (χ0n) is 12.2. The minimum absolute atomic E-state index is 0.0461. The van der Waals surface area contributed by atoms with Gasteiger partial charge in [0.15, 0.2) is 5.43 Å². The molecule has 1 N–H and O–H groups in total. The Morgan fingerprint density at radius 1 is 1.08 bits per heavy atom. The quantitative estimate of drug-likeness (QED) is 0.577. The Morgan fingerprint density at radius 3 is 2.67 bits per heavy atom. The number of para-hydroxylation sites is 1. The van der Waals surface area contributed by atoms with Crippen LogP contribution in [0.5, 0.6) is 0 Å². The second kappa shape index (κ2) is 5.02. The molecule has 1 aliphatic rings. The lowest BCUT2D eigenvalue weighted by Crippen LogP contribution is -2.22. The van der Waals surface area contributed by atoms with E-state index >= 15 is 0 Å². The Balaban J connectivity index is 1.96. The molecular weight excluding hydrogens is 312 g/mol. The first-order chi connectivity index (χ1) is 11.6. The van der Waals surface area contributed by atoms with Gasteiger partial charge in [-0.1, -0.05) is 24.3 Å². The largest absolute Gasteiger partial charge is 0.450 e. The summed E-state index contributed by atoms with van der Waals surface area (Å²) in [5.74, 6) is -0.556. The third-order valence-corrected chi connectivity index (χ3v) is 4.02. The average Bonchev–Trinajstić information content (AvgIpc) is 2.92. The van der Waals surface area contributed by atoms with Gasteiger partial charge < -0.3 is 9.73 Å². The lowest BCUT2D eigenvalue weighted by molar-refractivity contribution is -0.384. The molecule has 1 aromatic heterocycles. The molecule has 24 heavy (non-hydrogen) atoms. The number of nitro groups is 1. The van der Waals surface area contributed by atoms with Crippen LogP contribution >= 0.6 is 0 Å². The summed E-state index contributed by atoms with van der Waals surface area (Å²) in [6.07, 6.45) is 0. The molecule has 2 aromatic carbocycles. The topological polar surface area (TPSA) is 102 Å². The maximum atomic E-state index is 12.8. The molecule has 0 aliphatic carbocycles. The Hall–Kier alpha value is -3.48. The molecule has 0 fully saturated rings. The summed E-state index contributed by atoms with van der Waals surface area (Å²) in [4.78, 5) is 35.4. The predicted molar refractivity (Wildman–Crippen MR) is 84.9 cm³/mol. The van der Waals surface area contributed by atoms with Gasteiger partial charge in [-0.15, -0.1) is 0 Å². The fourth-order valence-electron chi connectivity index (χ4n) is 2.92. The fourth-order valence-corrected chi connectivity index (χ4v) is 2.92. The van der Waals surface area contributed by atoms with E-state index in [-0.39, 0.29) is 22.4 Å². The standard InChI is InChI=1S/C17H10N2O5/c20-15-11-6-1-2-7-12(11)24-16-13(15)14(18-17(16)21)9-4-3-5-10(8-9)19(22)23/h1-8,14H,(H,18,21). The number of rotatable bonds is 2. The Bertz CT molecular complexity index is 1070. The van der Waals surface area contributed by atoms with Gasteiger partial charge in [0.05, 0.1) is 21.9 Å². The number of hydrogen-bond donors (Lipinski definition) is 1. The Labute approximate surface area is 134 Å². The van der Waals surface area contributed by atoms with Crippen molar-refractivity contribution in [3.05, 3.63) is 85.8 Å². The van der Waals surface area contributed by atoms with Crippen LogP contribution < -0.4 is 10.7 Å². The van der Waals surface area contributed by atoms with Crippen molar-refractivity contribution in [2.24, 2.45) is 0 Å². The minimum atomic E-state index is -0.770. The predicted octanol–water partition coefficient (Wildman–Crippen LogP) is 2.53. The van der Waals surface area contributed by atoms with Crippen molar-refractivity contribution >= 4 is 22.6 Å². The van der Waals surface area contributed by atoms with Crippen molar-refractivity contribution in [1.29, 1.82) is 0 Å². The molecule has 0 radical (unpaired) electrons. The molecule has 118 valence electrons. The van der Waals surface area contributed by atoms with E-state index in [0.29, 0.717) is 16.5 Å². The summed E-state index contributed by atoms with van der Waals surface area (Å²) in [7, 11) is 0. The van der Waals surface area contributed by atoms with Crippen molar-refractivity contribution in [3.63, 3.8) is 0 Å². The van der Waals surface area contributed by atoms with E-state index in [1.807, 2.05) is 0 Å². The molecule has 2 heterocycles. The number of benzene rings is 2. The highest BCUT2D eigenvalue weighted by molar-refractivity contribution is 5.98. The van der Waals surface area contributed by atoms with Crippen molar-refractivity contribution in [1.82, 2.24) is 5.32 Å². The van der Waals surface area contributed by atoms with Crippen molar-refractivity contribution in [2.75, 3.05) is 0 Å². The molecule has 4 rings (SSSR count). The highest BCUT2D eigenvalue weighted by Crippen LogP contribution is 2.32. The third kappa shape index (κ3) is 1.98. The molecule has 7 nitrogen and oxygen atoms in total. The van der Waals surface area contributed by atoms with Crippen LogP contribution in [0.3, 0.4) is 0 Å². The number of amides is 1. The Morgan fingerprint density at radius 2 is 1.88 bits per heavy atom. The molecule has 0 bridgehead atoms. The molecule has 1 atom stereocenters. The van der Waals surface area contributed by atoms with Crippen LogP contribution in [-0.4, -0.2) is 10.8 Å². The lowest BCUT2D eigenvalue weighted by atomic mass is 9.99. The highest BCUT2D eigenvalue weighted by Gasteiger charge is 2.36. The van der Waals surface area contributed by atoms with Crippen molar-refractivity contribution < 1.29 is 14.1 Å². The van der Waals surface area contributed by atoms with Crippen LogP contribution in [0.4, 0.5) is 5.69 Å². The third-order valence-electron chi connectivity index (χ3n) is 4.02. The smallest absolute Gasteiger partial charge is 0.288 e. The van der Waals surface area contributed by atoms with Gasteiger partial charge in [0.1, 0.15) is 5.58 Å². The van der Waals surface area contributed by atoms with Gasteiger partial charge >= 0.3 is 0 Å². The van der Waals surface area contributed by atoms with E-state index in [0.717, 1.165) is 0 Å². The van der Waals surface area contributed by atoms with E-state index in [4.69, 9.17) is 4.42 Å². The van der Waals surface area contributed by atoms with Gasteiger partial charge in [-0.05, 0) is 17.7 Å². The van der Waals surface area contributed by atoms with Gasteiger partial charge in [0.2, 0.25) is 5.76 Å². The number of carbonyl (C=O) groups is 1. The van der Waals surface area contributed by atoms with Gasteiger partial charge in [-0.2, -0.15) is 0 Å². The van der Waals surface area contributed by atoms with E-state index in [9.17, 15) is 19.7 Å². The molecule has 0 saturated heterocycles. The number of nitro benzene ring substituents is 1. The summed E-state index contributed by atoms with van der Waals surface area (Å²) in [5.41, 5.74) is 0.538. The van der Waals surface area contributed by atoms with Crippen molar-refractivity contribution in [3.8, 4) is 0 Å². The summed E-state index contributed by atoms with van der Waals surface area (Å²) < 4.78 is 5.58. The molecule has 1 unspecified atom stereocenters. The first-order valence-electron chi connectivity index (χ1n) is 7.17. The van der Waals surface area contributed by atoms with Gasteiger partial charge in [-0.3, -0.25) is 19.7 Å². The van der Waals surface area contributed by atoms with E-state index in [1.165, 1.54) is 18.2 Å². The minimum Gasteiger partial charge on any atom is -0.450 e. The number of non-ortho nitro benzene ring substituents is 1. The SMILES string of the molecule is O=C1NC(c2cccc([N+](=O)[O-])c2)c2c1oc1ccccc1c2=O. The van der Waals surface area contributed by atoms with E-state index < -0.39 is 16.9 Å². The average molecular weight is 322 g/mol. The maximum Gasteiger partial charge on any atom is 0.288 e. The summed E-state index contributed by atoms with van der Waals surface area (Å²) >= 11 is 0. The first kappa shape index (κ1) is 14.1. The monoisotopic (exact) mass is 322 g/mol. The van der Waals surface area contributed by atoms with Crippen LogP contribution in [0.1, 0.15) is 27.7 Å². The maximum absolute atomic E-state index is 12.8. The molecule has 0 saturated carbocycles.